The number of carbonyl (C=O) groups is 2. The highest BCUT2D eigenvalue weighted by Crippen LogP contribution is 2.30. The van der Waals surface area contributed by atoms with E-state index in [-0.39, 0.29) is 17.9 Å². The Labute approximate surface area is 205 Å². The van der Waals surface area contributed by atoms with Crippen molar-refractivity contribution >= 4 is 17.6 Å². The summed E-state index contributed by atoms with van der Waals surface area (Å²) in [7, 11) is 1.38. The van der Waals surface area contributed by atoms with Crippen LogP contribution in [0.3, 0.4) is 0 Å². The Kier molecular flexibility index (Phi) is 7.25. The van der Waals surface area contributed by atoms with Crippen molar-refractivity contribution < 1.29 is 24.3 Å². The van der Waals surface area contributed by atoms with Gasteiger partial charge in [0.05, 0.1) is 18.6 Å². The SMILES string of the molecule is COC(=O)C(Cc1cccc(C(C)=N)c1)C1CCCN1C(=O)c1ccc(-c2ccc[n+](O)c2)cc1. The predicted octanol–water partition coefficient (Wildman–Crippen LogP) is 3.90. The summed E-state index contributed by atoms with van der Waals surface area (Å²) in [5.41, 5.74) is 4.50. The Morgan fingerprint density at radius 3 is 2.57 bits per heavy atom. The van der Waals surface area contributed by atoms with E-state index in [0.29, 0.717) is 24.2 Å². The van der Waals surface area contributed by atoms with Crippen molar-refractivity contribution in [2.45, 2.75) is 32.2 Å². The molecule has 7 heteroatoms. The third-order valence-corrected chi connectivity index (χ3v) is 6.60. The maximum absolute atomic E-state index is 13.5. The summed E-state index contributed by atoms with van der Waals surface area (Å²) in [6, 6.07) is 18.3. The molecule has 3 aromatic rings. The van der Waals surface area contributed by atoms with Crippen molar-refractivity contribution in [3.8, 4) is 11.1 Å². The molecule has 2 N–H and O–H groups in total. The number of hydrogen-bond acceptors (Lipinski definition) is 5. The van der Waals surface area contributed by atoms with E-state index in [4.69, 9.17) is 10.1 Å². The van der Waals surface area contributed by atoms with E-state index in [1.165, 1.54) is 13.3 Å². The molecule has 2 atom stereocenters. The fourth-order valence-corrected chi connectivity index (χ4v) is 4.78. The maximum Gasteiger partial charge on any atom is 0.311 e. The number of amides is 1. The minimum Gasteiger partial charge on any atom is -0.469 e. The number of ether oxygens (including phenoxy) is 1. The lowest BCUT2D eigenvalue weighted by atomic mass is 9.89. The molecular weight excluding hydrogens is 442 g/mol. The van der Waals surface area contributed by atoms with E-state index in [1.54, 1.807) is 36.2 Å². The molecule has 4 rings (SSSR count). The lowest BCUT2D eigenvalue weighted by Gasteiger charge is -2.30. The van der Waals surface area contributed by atoms with E-state index in [0.717, 1.165) is 39.8 Å². The fraction of sp³-hybridized carbons (Fsp3) is 0.286. The van der Waals surface area contributed by atoms with Gasteiger partial charge < -0.3 is 15.0 Å². The van der Waals surface area contributed by atoms with Gasteiger partial charge in [0, 0.05) is 34.7 Å². The highest BCUT2D eigenvalue weighted by Gasteiger charge is 2.39. The van der Waals surface area contributed by atoms with Crippen molar-refractivity contribution in [2.24, 2.45) is 5.92 Å². The van der Waals surface area contributed by atoms with Gasteiger partial charge >= 0.3 is 5.97 Å². The van der Waals surface area contributed by atoms with Gasteiger partial charge in [-0.1, -0.05) is 30.3 Å². The fourth-order valence-electron chi connectivity index (χ4n) is 4.78. The first-order valence-electron chi connectivity index (χ1n) is 11.7. The molecule has 2 aromatic carbocycles. The molecule has 7 nitrogen and oxygen atoms in total. The van der Waals surface area contributed by atoms with E-state index in [9.17, 15) is 14.8 Å². The number of rotatable bonds is 7. The molecule has 180 valence electrons. The van der Waals surface area contributed by atoms with Crippen LogP contribution in [0.1, 0.15) is 41.3 Å². The molecule has 1 aromatic heterocycles. The number of nitrogens with one attached hydrogen (secondary N) is 1. The molecule has 35 heavy (non-hydrogen) atoms. The number of nitrogens with zero attached hydrogens (tertiary/aromatic N) is 2. The van der Waals surface area contributed by atoms with Crippen LogP contribution in [0.5, 0.6) is 0 Å². The average Bonchev–Trinajstić information content (AvgIpc) is 3.36. The van der Waals surface area contributed by atoms with Crippen LogP contribution in [-0.2, 0) is 16.0 Å². The molecule has 1 amide bonds. The highest BCUT2D eigenvalue weighted by molar-refractivity contribution is 5.96. The Balaban J connectivity index is 1.56. The molecule has 2 unspecified atom stereocenters. The van der Waals surface area contributed by atoms with Crippen LogP contribution in [0.2, 0.25) is 0 Å². The first-order valence-corrected chi connectivity index (χ1v) is 11.7. The Morgan fingerprint density at radius 1 is 1.11 bits per heavy atom. The summed E-state index contributed by atoms with van der Waals surface area (Å²) in [6.07, 6.45) is 5.13. The molecule has 1 fully saturated rings. The summed E-state index contributed by atoms with van der Waals surface area (Å²) < 4.78 is 6.14. The third kappa shape index (κ3) is 5.40. The number of likely N-dealkylation sites (tertiary alicyclic amines) is 1. The van der Waals surface area contributed by atoms with Crippen molar-refractivity contribution in [1.82, 2.24) is 4.90 Å². The second-order valence-corrected chi connectivity index (χ2v) is 8.92. The van der Waals surface area contributed by atoms with E-state index in [1.807, 2.05) is 42.5 Å². The van der Waals surface area contributed by atoms with Crippen molar-refractivity contribution in [3.05, 3.63) is 89.7 Å². The minimum absolute atomic E-state index is 0.109. The lowest BCUT2D eigenvalue weighted by Crippen LogP contribution is -2.44. The predicted molar refractivity (Wildman–Crippen MR) is 131 cm³/mol. The van der Waals surface area contributed by atoms with Crippen LogP contribution in [-0.4, -0.2) is 47.4 Å². The first kappa shape index (κ1) is 24.1. The van der Waals surface area contributed by atoms with Crippen LogP contribution in [0.4, 0.5) is 0 Å². The zero-order valence-electron chi connectivity index (χ0n) is 20.0. The van der Waals surface area contributed by atoms with Gasteiger partial charge in [0.15, 0.2) is 0 Å². The summed E-state index contributed by atoms with van der Waals surface area (Å²) in [5, 5.41) is 17.6. The zero-order chi connectivity index (χ0) is 24.9. The second kappa shape index (κ2) is 10.5. The van der Waals surface area contributed by atoms with Gasteiger partial charge in [0.25, 0.3) is 5.91 Å². The number of carbonyl (C=O) groups excluding carboxylic acids is 2. The molecule has 1 saturated heterocycles. The number of aromatic nitrogens is 1. The maximum atomic E-state index is 13.5. The Bertz CT molecular complexity index is 1240. The van der Waals surface area contributed by atoms with Gasteiger partial charge in [-0.3, -0.25) is 14.8 Å². The van der Waals surface area contributed by atoms with Gasteiger partial charge in [0.1, 0.15) is 0 Å². The molecule has 0 radical (unpaired) electrons. The molecule has 2 heterocycles. The summed E-state index contributed by atoms with van der Waals surface area (Å²) >= 11 is 0. The van der Waals surface area contributed by atoms with Gasteiger partial charge in [-0.05, 0) is 67.1 Å². The van der Waals surface area contributed by atoms with Crippen LogP contribution < -0.4 is 4.73 Å². The second-order valence-electron chi connectivity index (χ2n) is 8.92. The number of benzene rings is 2. The standard InChI is InChI=1S/C28H30N3O4/c1-19(29)23-7-3-6-20(16-23)17-25(28(33)35-2)26-9-5-15-31(26)27(32)22-12-10-21(11-13-22)24-8-4-14-30(34)18-24/h3-4,6-8,10-14,16,18,25-26,29,34H,5,9,15,17H2,1-2H3/q+1. The quantitative estimate of drug-likeness (QED) is 0.236. The van der Waals surface area contributed by atoms with E-state index in [2.05, 4.69) is 0 Å². The molecular formula is C28H30N3O4+. The van der Waals surface area contributed by atoms with E-state index >= 15 is 0 Å². The highest BCUT2D eigenvalue weighted by atomic mass is 16.5. The summed E-state index contributed by atoms with van der Waals surface area (Å²) in [5.74, 6) is -0.929. The Hall–Kier alpha value is -4.00. The number of pyridine rings is 1. The largest absolute Gasteiger partial charge is 0.469 e. The third-order valence-electron chi connectivity index (χ3n) is 6.60. The van der Waals surface area contributed by atoms with Gasteiger partial charge in [-0.2, -0.15) is 0 Å². The molecule has 1 aliphatic heterocycles. The summed E-state index contributed by atoms with van der Waals surface area (Å²) in [4.78, 5) is 28.1. The minimum atomic E-state index is -0.490. The van der Waals surface area contributed by atoms with Crippen LogP contribution in [0.25, 0.3) is 11.1 Å². The molecule has 0 saturated carbocycles. The normalized spacial score (nSPS) is 16.1. The number of hydrogen-bond donors (Lipinski definition) is 2. The molecule has 0 spiro atoms. The van der Waals surface area contributed by atoms with Crippen LogP contribution >= 0.6 is 0 Å². The molecule has 1 aliphatic rings. The van der Waals surface area contributed by atoms with Gasteiger partial charge in [-0.25, -0.2) is 0 Å². The molecule has 0 aliphatic carbocycles. The lowest BCUT2D eigenvalue weighted by molar-refractivity contribution is -0.904. The molecule has 0 bridgehead atoms. The van der Waals surface area contributed by atoms with Gasteiger partial charge in [-0.15, -0.1) is 0 Å². The zero-order valence-corrected chi connectivity index (χ0v) is 20.0. The van der Waals surface area contributed by atoms with Crippen LogP contribution in [0, 0.1) is 11.3 Å². The average molecular weight is 473 g/mol. The summed E-state index contributed by atoms with van der Waals surface area (Å²) in [6.45, 7) is 2.32. The first-order chi connectivity index (χ1) is 16.9. The van der Waals surface area contributed by atoms with Crippen molar-refractivity contribution in [1.29, 1.82) is 5.41 Å². The van der Waals surface area contributed by atoms with E-state index < -0.39 is 5.92 Å². The Morgan fingerprint density at radius 2 is 1.89 bits per heavy atom. The smallest absolute Gasteiger partial charge is 0.311 e. The monoisotopic (exact) mass is 472 g/mol. The van der Waals surface area contributed by atoms with Crippen molar-refractivity contribution in [2.75, 3.05) is 13.7 Å². The number of methoxy groups -OCH3 is 1. The van der Waals surface area contributed by atoms with Crippen molar-refractivity contribution in [3.63, 3.8) is 0 Å². The van der Waals surface area contributed by atoms with Crippen LogP contribution in [0.15, 0.2) is 73.1 Å². The number of esters is 1. The topological polar surface area (TPSA) is 94.6 Å². The van der Waals surface area contributed by atoms with Gasteiger partial charge in [0.2, 0.25) is 12.4 Å².